The van der Waals surface area contributed by atoms with E-state index in [0.29, 0.717) is 12.1 Å². The number of piperazine rings is 1. The molecule has 0 amide bonds. The van der Waals surface area contributed by atoms with Crippen molar-refractivity contribution in [2.24, 2.45) is 5.73 Å². The molecule has 3 rings (SSSR count). The van der Waals surface area contributed by atoms with Gasteiger partial charge in [0, 0.05) is 50.2 Å². The van der Waals surface area contributed by atoms with E-state index in [9.17, 15) is 0 Å². The van der Waals surface area contributed by atoms with Crippen LogP contribution in [0.15, 0.2) is 24.3 Å². The summed E-state index contributed by atoms with van der Waals surface area (Å²) in [7, 11) is 2.18. The van der Waals surface area contributed by atoms with Crippen LogP contribution in [0, 0.1) is 0 Å². The van der Waals surface area contributed by atoms with E-state index < -0.39 is 0 Å². The third kappa shape index (κ3) is 2.48. The summed E-state index contributed by atoms with van der Waals surface area (Å²) in [5.74, 6) is 1.05. The van der Waals surface area contributed by atoms with Gasteiger partial charge in [0.15, 0.2) is 0 Å². The monoisotopic (exact) mass is 261 g/mol. The molecule has 2 N–H and O–H groups in total. The topological polar surface area (TPSA) is 41.7 Å². The lowest BCUT2D eigenvalue weighted by Crippen LogP contribution is -2.56. The molecule has 1 aromatic rings. The highest BCUT2D eigenvalue weighted by Gasteiger charge is 2.33. The molecule has 19 heavy (non-hydrogen) atoms. The molecule has 2 aliphatic rings. The lowest BCUT2D eigenvalue weighted by molar-refractivity contribution is 0.0381. The average molecular weight is 261 g/mol. The van der Waals surface area contributed by atoms with Gasteiger partial charge in [0.1, 0.15) is 5.75 Å². The Kier molecular flexibility index (Phi) is 3.73. The lowest BCUT2D eigenvalue weighted by atomic mass is 9.96. The van der Waals surface area contributed by atoms with Gasteiger partial charge in [-0.05, 0) is 13.1 Å². The van der Waals surface area contributed by atoms with Gasteiger partial charge in [-0.25, -0.2) is 0 Å². The minimum atomic E-state index is 0.454. The quantitative estimate of drug-likeness (QED) is 0.865. The molecule has 0 bridgehead atoms. The minimum Gasteiger partial charge on any atom is -0.493 e. The van der Waals surface area contributed by atoms with Gasteiger partial charge < -0.3 is 15.4 Å². The van der Waals surface area contributed by atoms with Crippen molar-refractivity contribution in [3.05, 3.63) is 29.8 Å². The standard InChI is InChI=1S/C15H23N3O/c1-17-7-8-18(12(10-16)11-17)14-6-9-19-15-5-3-2-4-13(14)15/h2-5,12,14H,6-11,16H2,1H3. The predicted octanol–water partition coefficient (Wildman–Crippen LogP) is 1.08. The molecule has 2 unspecified atom stereocenters. The van der Waals surface area contributed by atoms with Crippen LogP contribution in [0.25, 0.3) is 0 Å². The first-order chi connectivity index (χ1) is 9.29. The van der Waals surface area contributed by atoms with Crippen molar-refractivity contribution >= 4 is 0 Å². The summed E-state index contributed by atoms with van der Waals surface area (Å²) in [6.45, 7) is 4.82. The Morgan fingerprint density at radius 1 is 1.32 bits per heavy atom. The van der Waals surface area contributed by atoms with Gasteiger partial charge in [0.2, 0.25) is 0 Å². The van der Waals surface area contributed by atoms with E-state index in [1.165, 1.54) is 5.56 Å². The number of para-hydroxylation sites is 1. The number of nitrogens with zero attached hydrogens (tertiary/aromatic N) is 2. The molecule has 1 aromatic carbocycles. The van der Waals surface area contributed by atoms with Gasteiger partial charge in [-0.1, -0.05) is 18.2 Å². The molecule has 2 aliphatic heterocycles. The van der Waals surface area contributed by atoms with Crippen molar-refractivity contribution in [2.45, 2.75) is 18.5 Å². The molecular formula is C15H23N3O. The number of hydrogen-bond acceptors (Lipinski definition) is 4. The minimum absolute atomic E-state index is 0.454. The third-order valence-electron chi connectivity index (χ3n) is 4.33. The van der Waals surface area contributed by atoms with Gasteiger partial charge in [0.05, 0.1) is 6.61 Å². The number of ether oxygens (including phenoxy) is 1. The molecule has 0 radical (unpaired) electrons. The second kappa shape index (κ2) is 5.49. The van der Waals surface area contributed by atoms with E-state index in [4.69, 9.17) is 10.5 Å². The van der Waals surface area contributed by atoms with Crippen molar-refractivity contribution in [3.63, 3.8) is 0 Å². The fourth-order valence-electron chi connectivity index (χ4n) is 3.31. The van der Waals surface area contributed by atoms with Gasteiger partial charge in [-0.15, -0.1) is 0 Å². The summed E-state index contributed by atoms with van der Waals surface area (Å²) in [6.07, 6.45) is 1.07. The Morgan fingerprint density at radius 3 is 3.00 bits per heavy atom. The van der Waals surface area contributed by atoms with Crippen LogP contribution in [0.2, 0.25) is 0 Å². The van der Waals surface area contributed by atoms with E-state index in [1.807, 2.05) is 6.07 Å². The molecule has 0 saturated carbocycles. The van der Waals surface area contributed by atoms with Crippen LogP contribution in [0.1, 0.15) is 18.0 Å². The lowest BCUT2D eigenvalue weighted by Gasteiger charge is -2.45. The van der Waals surface area contributed by atoms with Crippen molar-refractivity contribution in [2.75, 3.05) is 39.8 Å². The van der Waals surface area contributed by atoms with E-state index in [2.05, 4.69) is 35.0 Å². The number of nitrogens with two attached hydrogens (primary N) is 1. The molecule has 1 saturated heterocycles. The molecule has 0 aliphatic carbocycles. The van der Waals surface area contributed by atoms with Crippen LogP contribution in [0.4, 0.5) is 0 Å². The number of likely N-dealkylation sites (N-methyl/N-ethyl adjacent to an activating group) is 1. The molecule has 2 atom stereocenters. The van der Waals surface area contributed by atoms with Crippen molar-refractivity contribution in [1.82, 2.24) is 9.80 Å². The Labute approximate surface area is 115 Å². The molecule has 4 nitrogen and oxygen atoms in total. The van der Waals surface area contributed by atoms with Gasteiger partial charge in [0.25, 0.3) is 0 Å². The zero-order chi connectivity index (χ0) is 13.2. The van der Waals surface area contributed by atoms with Crippen LogP contribution in [0.5, 0.6) is 5.75 Å². The maximum absolute atomic E-state index is 5.98. The smallest absolute Gasteiger partial charge is 0.124 e. The predicted molar refractivity (Wildman–Crippen MR) is 76.3 cm³/mol. The Balaban J connectivity index is 1.86. The van der Waals surface area contributed by atoms with Crippen LogP contribution in [0.3, 0.4) is 0 Å². The summed E-state index contributed by atoms with van der Waals surface area (Å²) in [5, 5.41) is 0. The maximum atomic E-state index is 5.98. The maximum Gasteiger partial charge on any atom is 0.124 e. The van der Waals surface area contributed by atoms with Crippen LogP contribution in [-0.4, -0.2) is 55.7 Å². The van der Waals surface area contributed by atoms with Crippen LogP contribution in [-0.2, 0) is 0 Å². The SMILES string of the molecule is CN1CCN(C2CCOc3ccccc32)C(CN)C1. The number of benzene rings is 1. The fourth-order valence-corrected chi connectivity index (χ4v) is 3.31. The van der Waals surface area contributed by atoms with Gasteiger partial charge in [-0.3, -0.25) is 4.90 Å². The number of rotatable bonds is 2. The molecule has 1 fully saturated rings. The third-order valence-corrected chi connectivity index (χ3v) is 4.33. The summed E-state index contributed by atoms with van der Waals surface area (Å²) in [6, 6.07) is 9.35. The molecule has 0 spiro atoms. The largest absolute Gasteiger partial charge is 0.493 e. The molecule has 2 heterocycles. The molecular weight excluding hydrogens is 238 g/mol. The Hall–Kier alpha value is -1.10. The summed E-state index contributed by atoms with van der Waals surface area (Å²) in [4.78, 5) is 4.96. The van der Waals surface area contributed by atoms with Crippen molar-refractivity contribution < 1.29 is 4.74 Å². The molecule has 0 aromatic heterocycles. The highest BCUT2D eigenvalue weighted by molar-refractivity contribution is 5.37. The van der Waals surface area contributed by atoms with Crippen molar-refractivity contribution in [1.29, 1.82) is 0 Å². The summed E-state index contributed by atoms with van der Waals surface area (Å²) >= 11 is 0. The normalized spacial score (nSPS) is 28.7. The first-order valence-corrected chi connectivity index (χ1v) is 7.15. The molecule has 4 heteroatoms. The summed E-state index contributed by atoms with van der Waals surface area (Å²) in [5.41, 5.74) is 7.31. The number of fused-ring (bicyclic) bond motifs is 1. The Morgan fingerprint density at radius 2 is 2.16 bits per heavy atom. The van der Waals surface area contributed by atoms with E-state index in [0.717, 1.165) is 45.0 Å². The highest BCUT2D eigenvalue weighted by Crippen LogP contribution is 2.37. The first-order valence-electron chi connectivity index (χ1n) is 7.15. The first kappa shape index (κ1) is 12.9. The van der Waals surface area contributed by atoms with E-state index in [-0.39, 0.29) is 0 Å². The second-order valence-electron chi connectivity index (χ2n) is 5.58. The van der Waals surface area contributed by atoms with Crippen molar-refractivity contribution in [3.8, 4) is 5.75 Å². The van der Waals surface area contributed by atoms with Gasteiger partial charge >= 0.3 is 0 Å². The van der Waals surface area contributed by atoms with Crippen LogP contribution >= 0.6 is 0 Å². The average Bonchev–Trinajstić information content (AvgIpc) is 2.46. The van der Waals surface area contributed by atoms with Gasteiger partial charge in [-0.2, -0.15) is 0 Å². The summed E-state index contributed by atoms with van der Waals surface area (Å²) < 4.78 is 5.77. The van der Waals surface area contributed by atoms with E-state index >= 15 is 0 Å². The Bertz CT molecular complexity index is 437. The second-order valence-corrected chi connectivity index (χ2v) is 5.58. The highest BCUT2D eigenvalue weighted by atomic mass is 16.5. The fraction of sp³-hybridized carbons (Fsp3) is 0.600. The van der Waals surface area contributed by atoms with E-state index in [1.54, 1.807) is 0 Å². The molecule has 104 valence electrons. The zero-order valence-corrected chi connectivity index (χ0v) is 11.6. The number of hydrogen-bond donors (Lipinski definition) is 1. The van der Waals surface area contributed by atoms with Crippen LogP contribution < -0.4 is 10.5 Å². The zero-order valence-electron chi connectivity index (χ0n) is 11.6.